The molecule has 0 rings (SSSR count). The Labute approximate surface area is 68.0 Å². The molecule has 1 atom stereocenters. The third-order valence-corrected chi connectivity index (χ3v) is 4.66. The Hall–Kier alpha value is 0.354. The van der Waals surface area contributed by atoms with Crippen molar-refractivity contribution in [2.24, 2.45) is 0 Å². The van der Waals surface area contributed by atoms with E-state index in [1.807, 2.05) is 0 Å². The topological polar surface area (TPSA) is 29.5 Å². The molecular formula is C6H18O2Si2. The first kappa shape index (κ1) is 10.4. The molecule has 0 spiro atoms. The van der Waals surface area contributed by atoms with E-state index in [9.17, 15) is 0 Å². The van der Waals surface area contributed by atoms with Gasteiger partial charge in [-0.25, -0.2) is 0 Å². The molecule has 0 aromatic heterocycles. The second kappa shape index (κ2) is 7.46. The van der Waals surface area contributed by atoms with E-state index >= 15 is 0 Å². The number of hydrogen-bond acceptors (Lipinski definition) is 2. The highest BCUT2D eigenvalue weighted by Gasteiger charge is 2.02. The highest BCUT2D eigenvalue weighted by atomic mass is 28.3. The van der Waals surface area contributed by atoms with Crippen molar-refractivity contribution in [2.75, 3.05) is 0 Å². The van der Waals surface area contributed by atoms with E-state index in [0.717, 1.165) is 12.5 Å². The first-order valence-corrected chi connectivity index (χ1v) is 6.64. The van der Waals surface area contributed by atoms with E-state index in [2.05, 4.69) is 6.92 Å². The normalized spacial score (nSPS) is 13.8. The molecule has 2 nitrogen and oxygen atoms in total. The van der Waals surface area contributed by atoms with Gasteiger partial charge < -0.3 is 8.91 Å². The summed E-state index contributed by atoms with van der Waals surface area (Å²) in [5.74, 6) is 0. The van der Waals surface area contributed by atoms with Gasteiger partial charge in [0.1, 0.15) is 10.5 Å². The van der Waals surface area contributed by atoms with Crippen LogP contribution in [0.3, 0.4) is 0 Å². The fourth-order valence-electron chi connectivity index (χ4n) is 0.864. The number of hydrogen-bond donors (Lipinski definition) is 1. The zero-order chi connectivity index (χ0) is 7.82. The fourth-order valence-corrected chi connectivity index (χ4v) is 2.44. The molecular weight excluding hydrogens is 160 g/mol. The van der Waals surface area contributed by atoms with Crippen LogP contribution in [0.4, 0.5) is 0 Å². The van der Waals surface area contributed by atoms with Crippen molar-refractivity contribution >= 4 is 19.8 Å². The monoisotopic (exact) mass is 178 g/mol. The lowest BCUT2D eigenvalue weighted by Gasteiger charge is -2.04. The van der Waals surface area contributed by atoms with Crippen LogP contribution in [0.1, 0.15) is 32.6 Å². The van der Waals surface area contributed by atoms with Gasteiger partial charge >= 0.3 is 9.28 Å². The largest absolute Gasteiger partial charge is 0.447 e. The maximum absolute atomic E-state index is 9.11. The van der Waals surface area contributed by atoms with E-state index in [-0.39, 0.29) is 0 Å². The molecule has 0 radical (unpaired) electrons. The minimum atomic E-state index is -1.66. The van der Waals surface area contributed by atoms with Crippen LogP contribution in [0.5, 0.6) is 0 Å². The minimum Gasteiger partial charge on any atom is -0.447 e. The van der Waals surface area contributed by atoms with Crippen LogP contribution in [0.15, 0.2) is 0 Å². The van der Waals surface area contributed by atoms with E-state index in [0.29, 0.717) is 10.5 Å². The second-order valence-electron chi connectivity index (χ2n) is 2.54. The van der Waals surface area contributed by atoms with Crippen molar-refractivity contribution in [3.63, 3.8) is 0 Å². The summed E-state index contributed by atoms with van der Waals surface area (Å²) in [6.45, 7) is 2.19. The third kappa shape index (κ3) is 6.47. The lowest BCUT2D eigenvalue weighted by Crippen LogP contribution is -2.14. The van der Waals surface area contributed by atoms with Gasteiger partial charge in [0, 0.05) is 0 Å². The molecule has 0 aliphatic carbocycles. The Morgan fingerprint density at radius 1 is 1.40 bits per heavy atom. The standard InChI is InChI=1S/C6H18O2Si2/c1-2-3-4-5-6-10(7)8-9/h7,10H,2-6H2,1,9H3. The van der Waals surface area contributed by atoms with E-state index in [4.69, 9.17) is 8.91 Å². The Morgan fingerprint density at radius 3 is 2.60 bits per heavy atom. The Morgan fingerprint density at radius 2 is 2.10 bits per heavy atom. The third-order valence-electron chi connectivity index (χ3n) is 1.58. The molecule has 0 aromatic carbocycles. The van der Waals surface area contributed by atoms with Gasteiger partial charge in [-0.1, -0.05) is 32.6 Å². The summed E-state index contributed by atoms with van der Waals surface area (Å²) >= 11 is 0. The quantitative estimate of drug-likeness (QED) is 0.461. The molecule has 0 aromatic rings. The van der Waals surface area contributed by atoms with Gasteiger partial charge in [0.2, 0.25) is 0 Å². The summed E-state index contributed by atoms with van der Waals surface area (Å²) in [7, 11) is -0.958. The van der Waals surface area contributed by atoms with Crippen molar-refractivity contribution in [1.82, 2.24) is 0 Å². The van der Waals surface area contributed by atoms with E-state index in [1.54, 1.807) is 0 Å². The molecule has 1 unspecified atom stereocenters. The van der Waals surface area contributed by atoms with E-state index in [1.165, 1.54) is 19.3 Å². The summed E-state index contributed by atoms with van der Waals surface area (Å²) in [5.41, 5.74) is 0. The molecule has 0 heterocycles. The van der Waals surface area contributed by atoms with Crippen LogP contribution >= 0.6 is 0 Å². The average molecular weight is 178 g/mol. The Balaban J connectivity index is 2.89. The van der Waals surface area contributed by atoms with Gasteiger partial charge in [-0.05, 0) is 6.04 Å². The first-order chi connectivity index (χ1) is 4.81. The molecule has 62 valence electrons. The van der Waals surface area contributed by atoms with Gasteiger partial charge in [-0.3, -0.25) is 0 Å². The van der Waals surface area contributed by atoms with Gasteiger partial charge in [-0.2, -0.15) is 0 Å². The van der Waals surface area contributed by atoms with Crippen LogP contribution in [0.2, 0.25) is 6.04 Å². The molecule has 10 heavy (non-hydrogen) atoms. The van der Waals surface area contributed by atoms with Gasteiger partial charge in [-0.15, -0.1) is 0 Å². The highest BCUT2D eigenvalue weighted by Crippen LogP contribution is 2.04. The van der Waals surface area contributed by atoms with Gasteiger partial charge in [0.05, 0.1) is 0 Å². The molecule has 1 N–H and O–H groups in total. The minimum absolute atomic E-state index is 0.704. The van der Waals surface area contributed by atoms with E-state index < -0.39 is 9.28 Å². The van der Waals surface area contributed by atoms with Crippen LogP contribution in [0.25, 0.3) is 0 Å². The van der Waals surface area contributed by atoms with Crippen LogP contribution in [-0.4, -0.2) is 24.6 Å². The zero-order valence-corrected chi connectivity index (χ0v) is 10.1. The summed E-state index contributed by atoms with van der Waals surface area (Å²) in [5, 5.41) is 0. The summed E-state index contributed by atoms with van der Waals surface area (Å²) in [6.07, 6.45) is 4.97. The van der Waals surface area contributed by atoms with Crippen molar-refractivity contribution in [3.8, 4) is 0 Å². The van der Waals surface area contributed by atoms with Crippen LogP contribution in [0, 0.1) is 0 Å². The Kier molecular flexibility index (Phi) is 7.72. The fraction of sp³-hybridized carbons (Fsp3) is 1.00. The molecule has 0 bridgehead atoms. The van der Waals surface area contributed by atoms with Gasteiger partial charge in [0.25, 0.3) is 0 Å². The molecule has 0 aliphatic rings. The first-order valence-electron chi connectivity index (χ1n) is 4.02. The molecule has 0 saturated carbocycles. The van der Waals surface area contributed by atoms with Crippen LogP contribution < -0.4 is 0 Å². The lowest BCUT2D eigenvalue weighted by atomic mass is 10.2. The maximum Gasteiger partial charge on any atom is 0.307 e. The predicted octanol–water partition coefficient (Wildman–Crippen LogP) is 0.0765. The van der Waals surface area contributed by atoms with Crippen molar-refractivity contribution in [1.29, 1.82) is 0 Å². The lowest BCUT2D eigenvalue weighted by molar-refractivity contribution is 0.430. The predicted molar refractivity (Wildman–Crippen MR) is 49.3 cm³/mol. The highest BCUT2D eigenvalue weighted by molar-refractivity contribution is 6.47. The zero-order valence-electron chi connectivity index (χ0n) is 6.97. The molecule has 0 amide bonds. The molecule has 0 aliphatic heterocycles. The van der Waals surface area contributed by atoms with Gasteiger partial charge in [0.15, 0.2) is 0 Å². The number of unbranched alkanes of at least 4 members (excludes halogenated alkanes) is 3. The van der Waals surface area contributed by atoms with Crippen molar-refractivity contribution in [2.45, 2.75) is 38.7 Å². The molecule has 0 saturated heterocycles. The summed E-state index contributed by atoms with van der Waals surface area (Å²) < 4.78 is 4.96. The summed E-state index contributed by atoms with van der Waals surface area (Å²) in [6, 6.07) is 0.948. The number of rotatable bonds is 6. The maximum atomic E-state index is 9.11. The smallest absolute Gasteiger partial charge is 0.307 e. The average Bonchev–Trinajstić information content (AvgIpc) is 1.98. The summed E-state index contributed by atoms with van der Waals surface area (Å²) in [4.78, 5) is 9.11. The molecule has 4 heteroatoms. The van der Waals surface area contributed by atoms with Crippen LogP contribution in [-0.2, 0) is 4.12 Å². The van der Waals surface area contributed by atoms with Crippen molar-refractivity contribution in [3.05, 3.63) is 0 Å². The SMILES string of the molecule is CCCCCC[SiH](O)O[SiH3]. The second-order valence-corrected chi connectivity index (χ2v) is 5.91. The van der Waals surface area contributed by atoms with Crippen molar-refractivity contribution < 1.29 is 8.91 Å². The molecule has 0 fully saturated rings. The Bertz CT molecular complexity index is 70.8.